The third-order valence-corrected chi connectivity index (χ3v) is 5.72. The maximum Gasteiger partial charge on any atom is 0.160 e. The molecule has 3 aromatic rings. The average molecular weight is 398 g/mol. The molecule has 0 unspecified atom stereocenters. The zero-order valence-electron chi connectivity index (χ0n) is 15.9. The van der Waals surface area contributed by atoms with E-state index in [0.717, 1.165) is 60.3 Å². The average Bonchev–Trinajstić information content (AvgIpc) is 3.14. The number of piperidine rings is 1. The van der Waals surface area contributed by atoms with E-state index >= 15 is 0 Å². The van der Waals surface area contributed by atoms with Crippen LogP contribution in [0.5, 0.6) is 0 Å². The van der Waals surface area contributed by atoms with Crippen molar-refractivity contribution < 1.29 is 5.11 Å². The lowest BCUT2D eigenvalue weighted by molar-refractivity contribution is 0.105. The van der Waals surface area contributed by atoms with E-state index in [1.807, 2.05) is 48.1 Å². The summed E-state index contributed by atoms with van der Waals surface area (Å²) in [4.78, 5) is 6.54. The van der Waals surface area contributed by atoms with Gasteiger partial charge in [0.2, 0.25) is 0 Å². The van der Waals surface area contributed by atoms with Gasteiger partial charge < -0.3 is 14.6 Å². The summed E-state index contributed by atoms with van der Waals surface area (Å²) in [5.74, 6) is 1.63. The minimum atomic E-state index is -0.205. The summed E-state index contributed by atoms with van der Waals surface area (Å²) in [6, 6.07) is 11.8. The van der Waals surface area contributed by atoms with Gasteiger partial charge in [0.05, 0.1) is 6.61 Å². The van der Waals surface area contributed by atoms with Crippen LogP contribution >= 0.6 is 11.6 Å². The van der Waals surface area contributed by atoms with Crippen molar-refractivity contribution in [3.05, 3.63) is 59.4 Å². The van der Waals surface area contributed by atoms with E-state index in [0.29, 0.717) is 0 Å². The lowest BCUT2D eigenvalue weighted by Gasteiger charge is -2.42. The molecule has 1 N–H and O–H groups in total. The molecule has 0 amide bonds. The van der Waals surface area contributed by atoms with Crippen LogP contribution in [0.3, 0.4) is 0 Å². The fourth-order valence-corrected chi connectivity index (χ4v) is 4.25. The Balaban J connectivity index is 1.53. The van der Waals surface area contributed by atoms with Crippen molar-refractivity contribution in [1.29, 1.82) is 0 Å². The molecule has 0 spiro atoms. The number of rotatable bonds is 5. The van der Waals surface area contributed by atoms with Crippen LogP contribution in [0.15, 0.2) is 48.8 Å². The predicted molar refractivity (Wildman–Crippen MR) is 110 cm³/mol. The fraction of sp³-hybridized carbons (Fsp3) is 0.381. The van der Waals surface area contributed by atoms with Gasteiger partial charge >= 0.3 is 0 Å². The van der Waals surface area contributed by atoms with Crippen LogP contribution in [0.1, 0.15) is 18.4 Å². The number of nitrogens with zero attached hydrogens (tertiary/aromatic N) is 5. The molecule has 6 nitrogen and oxygen atoms in total. The maximum absolute atomic E-state index is 10.2. The van der Waals surface area contributed by atoms with Crippen LogP contribution in [-0.4, -0.2) is 44.6 Å². The van der Waals surface area contributed by atoms with Gasteiger partial charge in [0, 0.05) is 43.0 Å². The lowest BCUT2D eigenvalue weighted by Crippen LogP contribution is -2.47. The molecule has 0 aliphatic carbocycles. The zero-order chi connectivity index (χ0) is 19.6. The highest BCUT2D eigenvalue weighted by molar-refractivity contribution is 6.30. The third kappa shape index (κ3) is 3.88. The normalized spacial score (nSPS) is 19.8. The zero-order valence-corrected chi connectivity index (χ0v) is 16.7. The first kappa shape index (κ1) is 18.9. The van der Waals surface area contributed by atoms with E-state index in [1.54, 1.807) is 6.20 Å². The molecule has 1 saturated heterocycles. The molecule has 1 atom stereocenters. The Morgan fingerprint density at radius 3 is 2.79 bits per heavy atom. The van der Waals surface area contributed by atoms with Crippen molar-refractivity contribution in [1.82, 2.24) is 19.7 Å². The smallest absolute Gasteiger partial charge is 0.160 e. The van der Waals surface area contributed by atoms with E-state index in [1.165, 1.54) is 0 Å². The minimum absolute atomic E-state index is 0.134. The van der Waals surface area contributed by atoms with Crippen LogP contribution in [0.4, 0.5) is 5.82 Å². The summed E-state index contributed by atoms with van der Waals surface area (Å²) in [6.45, 7) is 1.79. The number of aromatic nitrogens is 4. The molecular weight excluding hydrogens is 374 g/mol. The summed E-state index contributed by atoms with van der Waals surface area (Å²) < 4.78 is 1.92. The van der Waals surface area contributed by atoms with Crippen molar-refractivity contribution >= 4 is 17.4 Å². The molecule has 7 heteroatoms. The number of anilines is 1. The van der Waals surface area contributed by atoms with E-state index in [4.69, 9.17) is 11.6 Å². The number of aliphatic hydroxyl groups excluding tert-OH is 1. The molecule has 28 heavy (non-hydrogen) atoms. The number of aryl methyl sites for hydroxylation is 1. The molecule has 1 aromatic carbocycles. The Kier molecular flexibility index (Phi) is 5.33. The van der Waals surface area contributed by atoms with E-state index < -0.39 is 0 Å². The van der Waals surface area contributed by atoms with Gasteiger partial charge in [0.25, 0.3) is 0 Å². The molecule has 0 radical (unpaired) electrons. The number of hydrogen-bond acceptors (Lipinski definition) is 5. The summed E-state index contributed by atoms with van der Waals surface area (Å²) in [7, 11) is 1.94. The number of hydrogen-bond donors (Lipinski definition) is 1. The first-order valence-electron chi connectivity index (χ1n) is 9.50. The highest BCUT2D eigenvalue weighted by Gasteiger charge is 2.36. The Morgan fingerprint density at radius 2 is 2.11 bits per heavy atom. The van der Waals surface area contributed by atoms with Gasteiger partial charge in [-0.05, 0) is 49.1 Å². The number of aliphatic hydroxyl groups is 1. The molecule has 0 saturated carbocycles. The molecule has 0 bridgehead atoms. The van der Waals surface area contributed by atoms with Crippen molar-refractivity contribution in [2.24, 2.45) is 12.5 Å². The van der Waals surface area contributed by atoms with Gasteiger partial charge in [0.15, 0.2) is 11.6 Å². The van der Waals surface area contributed by atoms with Gasteiger partial charge in [-0.15, -0.1) is 10.2 Å². The fourth-order valence-electron chi connectivity index (χ4n) is 4.04. The molecule has 146 valence electrons. The second-order valence-electron chi connectivity index (χ2n) is 7.63. The molecule has 1 aliphatic rings. The van der Waals surface area contributed by atoms with Gasteiger partial charge in [0.1, 0.15) is 5.69 Å². The first-order valence-corrected chi connectivity index (χ1v) is 9.88. The third-order valence-electron chi connectivity index (χ3n) is 5.49. The van der Waals surface area contributed by atoms with Gasteiger partial charge in [-0.2, -0.15) is 0 Å². The van der Waals surface area contributed by atoms with Crippen molar-refractivity contribution in [2.45, 2.75) is 19.3 Å². The number of benzene rings is 1. The van der Waals surface area contributed by atoms with Crippen LogP contribution in [-0.2, 0) is 13.5 Å². The van der Waals surface area contributed by atoms with Crippen molar-refractivity contribution in [3.8, 4) is 11.5 Å². The topological polar surface area (TPSA) is 67.1 Å². The van der Waals surface area contributed by atoms with Gasteiger partial charge in [-0.1, -0.05) is 23.7 Å². The second-order valence-corrected chi connectivity index (χ2v) is 8.06. The predicted octanol–water partition coefficient (Wildman–Crippen LogP) is 3.35. The lowest BCUT2D eigenvalue weighted by atomic mass is 9.75. The van der Waals surface area contributed by atoms with E-state index in [2.05, 4.69) is 26.1 Å². The second kappa shape index (κ2) is 7.89. The SMILES string of the molecule is Cn1ccnc1-c1ccc(N2CCC[C@@](CO)(Cc3cccc(Cl)c3)C2)nn1. The molecule has 3 heterocycles. The highest BCUT2D eigenvalue weighted by atomic mass is 35.5. The highest BCUT2D eigenvalue weighted by Crippen LogP contribution is 2.35. The summed E-state index contributed by atoms with van der Waals surface area (Å²) >= 11 is 6.15. The number of imidazole rings is 1. The van der Waals surface area contributed by atoms with Crippen molar-refractivity contribution in [3.63, 3.8) is 0 Å². The van der Waals surface area contributed by atoms with Crippen LogP contribution in [0, 0.1) is 5.41 Å². The molecule has 2 aromatic heterocycles. The van der Waals surface area contributed by atoms with Crippen LogP contribution in [0.2, 0.25) is 5.02 Å². The van der Waals surface area contributed by atoms with Crippen LogP contribution in [0.25, 0.3) is 11.5 Å². The standard InChI is InChI=1S/C21H24ClN5O/c1-26-11-9-23-20(26)18-6-7-19(25-24-18)27-10-3-8-21(14-27,15-28)13-16-4-2-5-17(22)12-16/h2,4-7,9,11-12,28H,3,8,10,13-15H2,1H3/t21-/m1/s1. The first-order chi connectivity index (χ1) is 13.6. The maximum atomic E-state index is 10.2. The summed E-state index contributed by atoms with van der Waals surface area (Å²) in [6.07, 6.45) is 6.41. The quantitative estimate of drug-likeness (QED) is 0.715. The molecule has 4 rings (SSSR count). The molecule has 1 aliphatic heterocycles. The minimum Gasteiger partial charge on any atom is -0.396 e. The molecular formula is C21H24ClN5O. The monoisotopic (exact) mass is 397 g/mol. The Morgan fingerprint density at radius 1 is 1.21 bits per heavy atom. The largest absolute Gasteiger partial charge is 0.396 e. The van der Waals surface area contributed by atoms with E-state index in [-0.39, 0.29) is 12.0 Å². The Hall–Kier alpha value is -2.44. The van der Waals surface area contributed by atoms with E-state index in [9.17, 15) is 5.11 Å². The Bertz CT molecular complexity index is 942. The molecule has 1 fully saturated rings. The number of halogens is 1. The van der Waals surface area contributed by atoms with Gasteiger partial charge in [-0.25, -0.2) is 4.98 Å². The summed E-state index contributed by atoms with van der Waals surface area (Å²) in [5.41, 5.74) is 1.70. The van der Waals surface area contributed by atoms with Crippen LogP contribution < -0.4 is 4.90 Å². The van der Waals surface area contributed by atoms with Gasteiger partial charge in [-0.3, -0.25) is 0 Å². The van der Waals surface area contributed by atoms with Crippen molar-refractivity contribution in [2.75, 3.05) is 24.6 Å². The Labute approximate surface area is 169 Å². The summed E-state index contributed by atoms with van der Waals surface area (Å²) in [5, 5.41) is 19.8.